The molecule has 2 N–H and O–H groups in total. The molecule has 2 aromatic heterocycles. The van der Waals surface area contributed by atoms with E-state index in [2.05, 4.69) is 31.2 Å². The Morgan fingerprint density at radius 3 is 2.76 bits per heavy atom. The number of ether oxygens (including phenoxy) is 1. The van der Waals surface area contributed by atoms with Crippen molar-refractivity contribution in [3.05, 3.63) is 92.8 Å². The molecule has 0 unspecified atom stereocenters. The topological polar surface area (TPSA) is 143 Å². The van der Waals surface area contributed by atoms with E-state index in [-0.39, 0.29) is 32.8 Å². The summed E-state index contributed by atoms with van der Waals surface area (Å²) < 4.78 is 23.8. The highest BCUT2D eigenvalue weighted by Gasteiger charge is 2.22. The fourth-order valence-electron chi connectivity index (χ4n) is 3.49. The van der Waals surface area contributed by atoms with Crippen LogP contribution >= 0.6 is 34.9 Å². The van der Waals surface area contributed by atoms with Crippen molar-refractivity contribution in [2.24, 2.45) is 0 Å². The van der Waals surface area contributed by atoms with Gasteiger partial charge in [0.2, 0.25) is 5.13 Å². The average molecular weight is 566 g/mol. The summed E-state index contributed by atoms with van der Waals surface area (Å²) in [4.78, 5) is 11.2. The molecule has 0 saturated heterocycles. The van der Waals surface area contributed by atoms with Gasteiger partial charge in [-0.25, -0.2) is 4.39 Å². The van der Waals surface area contributed by atoms with Crippen LogP contribution in [0.4, 0.5) is 15.3 Å². The number of nitrogens with one attached hydrogen (secondary N) is 2. The molecule has 5 rings (SSSR count). The number of anilines is 1. The molecule has 188 valence electrons. The van der Waals surface area contributed by atoms with E-state index in [1.54, 1.807) is 36.4 Å². The zero-order chi connectivity index (χ0) is 26.6. The van der Waals surface area contributed by atoms with Crippen LogP contribution in [0.5, 0.6) is 11.5 Å². The molecule has 0 spiro atoms. The van der Waals surface area contributed by atoms with E-state index >= 15 is 0 Å². The highest BCUT2D eigenvalue weighted by Crippen LogP contribution is 2.42. The molecule has 0 bridgehead atoms. The Labute approximate surface area is 227 Å². The van der Waals surface area contributed by atoms with Crippen molar-refractivity contribution in [2.45, 2.75) is 4.90 Å². The van der Waals surface area contributed by atoms with Gasteiger partial charge < -0.3 is 14.9 Å². The lowest BCUT2D eigenvalue weighted by molar-refractivity contribution is -0.388. The van der Waals surface area contributed by atoms with E-state index in [1.807, 2.05) is 6.07 Å². The fourth-order valence-corrected chi connectivity index (χ4v) is 4.94. The van der Waals surface area contributed by atoms with Crippen molar-refractivity contribution in [2.75, 3.05) is 4.72 Å². The van der Waals surface area contributed by atoms with Crippen molar-refractivity contribution < 1.29 is 14.1 Å². The summed E-state index contributed by atoms with van der Waals surface area (Å²) in [6.45, 7) is 0. The molecule has 0 radical (unpaired) electrons. The van der Waals surface area contributed by atoms with E-state index in [0.29, 0.717) is 21.8 Å². The Balaban J connectivity index is 1.53. The van der Waals surface area contributed by atoms with E-state index in [1.165, 1.54) is 29.1 Å². The van der Waals surface area contributed by atoms with Crippen molar-refractivity contribution in [1.29, 1.82) is 5.26 Å². The second-order valence-corrected chi connectivity index (χ2v) is 9.64. The van der Waals surface area contributed by atoms with Gasteiger partial charge in [0.1, 0.15) is 28.4 Å². The molecule has 38 heavy (non-hydrogen) atoms. The lowest BCUT2D eigenvalue weighted by atomic mass is 9.98. The summed E-state index contributed by atoms with van der Waals surface area (Å²) in [5.74, 6) is -0.754. The smallest absolute Gasteiger partial charge is 0.350 e. The first kappa shape index (κ1) is 25.2. The highest BCUT2D eigenvalue weighted by molar-refractivity contribution is 8.00. The summed E-state index contributed by atoms with van der Waals surface area (Å²) in [5.41, 5.74) is 3.87. The molecule has 0 fully saturated rings. The number of hydrogen-bond donors (Lipinski definition) is 2. The van der Waals surface area contributed by atoms with Crippen LogP contribution in [0.1, 0.15) is 5.56 Å². The van der Waals surface area contributed by atoms with Crippen LogP contribution in [0.25, 0.3) is 22.3 Å². The number of aromatic amines is 1. The van der Waals surface area contributed by atoms with Crippen molar-refractivity contribution in [3.63, 3.8) is 0 Å². The van der Waals surface area contributed by atoms with Crippen molar-refractivity contribution >= 4 is 45.8 Å². The molecular weight excluding hydrogens is 553 g/mol. The van der Waals surface area contributed by atoms with Crippen LogP contribution in [0.2, 0.25) is 5.02 Å². The second kappa shape index (κ2) is 10.9. The number of nitro groups is 1. The Hall–Kier alpha value is -4.51. The molecule has 0 saturated carbocycles. The number of benzene rings is 3. The van der Waals surface area contributed by atoms with Gasteiger partial charge in [0.05, 0.1) is 27.7 Å². The predicted molar refractivity (Wildman–Crippen MR) is 142 cm³/mol. The molecule has 0 amide bonds. The van der Waals surface area contributed by atoms with Gasteiger partial charge in [-0.15, -0.1) is 15.3 Å². The minimum absolute atomic E-state index is 0.0102. The molecule has 5 aromatic rings. The third kappa shape index (κ3) is 5.28. The SMILES string of the molecule is N#Cc1cccc(-c2ccc(Oc3cc(F)c(SNc4nncs4)cc3Cl)c(-c3cn[nH]c3[N+](=O)[O-])c2)c1. The summed E-state index contributed by atoms with van der Waals surface area (Å²) in [7, 11) is 0. The van der Waals surface area contributed by atoms with E-state index in [0.717, 1.165) is 23.6 Å². The Morgan fingerprint density at radius 2 is 2.00 bits per heavy atom. The van der Waals surface area contributed by atoms with Gasteiger partial charge in [-0.3, -0.25) is 4.72 Å². The van der Waals surface area contributed by atoms with Crippen LogP contribution < -0.4 is 9.46 Å². The molecule has 0 atom stereocenters. The highest BCUT2D eigenvalue weighted by atomic mass is 35.5. The first-order valence-electron chi connectivity index (χ1n) is 10.6. The monoisotopic (exact) mass is 565 g/mol. The maximum Gasteiger partial charge on any atom is 0.350 e. The normalized spacial score (nSPS) is 10.7. The zero-order valence-corrected chi connectivity index (χ0v) is 21.3. The molecule has 14 heteroatoms. The maximum absolute atomic E-state index is 14.9. The van der Waals surface area contributed by atoms with Gasteiger partial charge in [0.15, 0.2) is 0 Å². The van der Waals surface area contributed by atoms with Crippen LogP contribution in [0, 0.1) is 27.3 Å². The number of hydrogen-bond acceptors (Lipinski definition) is 10. The average Bonchev–Trinajstić information content (AvgIpc) is 3.63. The Kier molecular flexibility index (Phi) is 7.18. The lowest BCUT2D eigenvalue weighted by Gasteiger charge is -2.14. The molecule has 2 heterocycles. The molecule has 0 aliphatic heterocycles. The van der Waals surface area contributed by atoms with Gasteiger partial charge >= 0.3 is 5.82 Å². The van der Waals surface area contributed by atoms with Gasteiger partial charge in [-0.2, -0.15) is 5.26 Å². The van der Waals surface area contributed by atoms with E-state index < -0.39 is 10.7 Å². The van der Waals surface area contributed by atoms with Crippen LogP contribution in [-0.4, -0.2) is 25.3 Å². The van der Waals surface area contributed by atoms with Crippen molar-refractivity contribution in [3.8, 4) is 39.8 Å². The number of rotatable bonds is 8. The van der Waals surface area contributed by atoms with Gasteiger partial charge in [-0.1, -0.05) is 46.2 Å². The minimum atomic E-state index is -0.604. The standard InChI is InChI=1S/C24H13ClFN7O3S2/c25-18-8-22(38-32-24-31-29-12-37-24)19(26)9-21(18)36-20-5-4-15(14-3-1-2-13(6-14)10-27)7-16(20)17-11-28-30-23(17)33(34)35/h1-9,11-12H,(H,28,30)(H,31,32). The summed E-state index contributed by atoms with van der Waals surface area (Å²) in [6.07, 6.45) is 1.30. The van der Waals surface area contributed by atoms with Gasteiger partial charge in [0.25, 0.3) is 0 Å². The summed E-state index contributed by atoms with van der Waals surface area (Å²) in [6, 6.07) is 16.5. The first-order chi connectivity index (χ1) is 18.4. The first-order valence-corrected chi connectivity index (χ1v) is 12.7. The molecule has 3 aromatic carbocycles. The van der Waals surface area contributed by atoms with Crippen LogP contribution in [0.15, 0.2) is 71.2 Å². The molecule has 0 aliphatic rings. The van der Waals surface area contributed by atoms with Gasteiger partial charge in [-0.05, 0) is 58.3 Å². The fraction of sp³-hybridized carbons (Fsp3) is 0. The molecular formula is C24H13ClFN7O3S2. The number of nitriles is 1. The largest absolute Gasteiger partial charge is 0.455 e. The number of halogens is 2. The predicted octanol–water partition coefficient (Wildman–Crippen LogP) is 7.08. The van der Waals surface area contributed by atoms with Crippen LogP contribution in [0.3, 0.4) is 0 Å². The second-order valence-electron chi connectivity index (χ2n) is 7.56. The summed E-state index contributed by atoms with van der Waals surface area (Å²) in [5, 5.41) is 35.2. The zero-order valence-electron chi connectivity index (χ0n) is 18.9. The van der Waals surface area contributed by atoms with E-state index in [4.69, 9.17) is 16.3 Å². The quantitative estimate of drug-likeness (QED) is 0.114. The van der Waals surface area contributed by atoms with Gasteiger partial charge in [0, 0.05) is 11.6 Å². The minimum Gasteiger partial charge on any atom is -0.455 e. The Morgan fingerprint density at radius 1 is 1.16 bits per heavy atom. The number of nitrogens with zero attached hydrogens (tertiary/aromatic N) is 5. The molecule has 10 nitrogen and oxygen atoms in total. The lowest BCUT2D eigenvalue weighted by Crippen LogP contribution is -1.95. The third-order valence-corrected chi connectivity index (χ3v) is 7.07. The molecule has 0 aliphatic carbocycles. The van der Waals surface area contributed by atoms with E-state index in [9.17, 15) is 19.8 Å². The van der Waals surface area contributed by atoms with Crippen molar-refractivity contribution in [1.82, 2.24) is 20.4 Å². The third-order valence-electron chi connectivity index (χ3n) is 5.21. The number of aromatic nitrogens is 4. The summed E-state index contributed by atoms with van der Waals surface area (Å²) >= 11 is 8.65. The maximum atomic E-state index is 14.9. The Bertz CT molecular complexity index is 1690. The van der Waals surface area contributed by atoms with Crippen LogP contribution in [-0.2, 0) is 0 Å². The number of H-pyrrole nitrogens is 1.